The SMILES string of the molecule is O=S(=O)(Nc1ccc2[nH]ccc2c1)c1ccc2c(c1)OCCO2. The molecule has 7 heteroatoms. The molecular weight excluding hydrogens is 316 g/mol. The molecule has 0 atom stereocenters. The molecule has 2 aromatic carbocycles. The summed E-state index contributed by atoms with van der Waals surface area (Å²) in [7, 11) is -3.69. The molecule has 4 rings (SSSR count). The highest BCUT2D eigenvalue weighted by Gasteiger charge is 2.19. The third-order valence-corrected chi connectivity index (χ3v) is 5.01. The van der Waals surface area contributed by atoms with Gasteiger partial charge in [-0.25, -0.2) is 8.42 Å². The Kier molecular flexibility index (Phi) is 3.16. The molecule has 0 amide bonds. The third kappa shape index (κ3) is 2.59. The summed E-state index contributed by atoms with van der Waals surface area (Å²) in [4.78, 5) is 3.20. The number of anilines is 1. The monoisotopic (exact) mass is 330 g/mol. The predicted octanol–water partition coefficient (Wildman–Crippen LogP) is 2.74. The van der Waals surface area contributed by atoms with Crippen LogP contribution in [0, 0.1) is 0 Å². The summed E-state index contributed by atoms with van der Waals surface area (Å²) in [5.74, 6) is 1.00. The summed E-state index contributed by atoms with van der Waals surface area (Å²) < 4.78 is 38.5. The summed E-state index contributed by atoms with van der Waals surface area (Å²) in [6.45, 7) is 0.877. The molecule has 0 fully saturated rings. The number of aromatic amines is 1. The van der Waals surface area contributed by atoms with Gasteiger partial charge in [-0.2, -0.15) is 0 Å². The topological polar surface area (TPSA) is 80.4 Å². The van der Waals surface area contributed by atoms with Gasteiger partial charge in [0, 0.05) is 28.9 Å². The quantitative estimate of drug-likeness (QED) is 0.774. The van der Waals surface area contributed by atoms with Gasteiger partial charge in [0.05, 0.1) is 4.90 Å². The lowest BCUT2D eigenvalue weighted by Crippen LogP contribution is -2.17. The average molecular weight is 330 g/mol. The Morgan fingerprint density at radius 1 is 0.957 bits per heavy atom. The van der Waals surface area contributed by atoms with Crippen LogP contribution >= 0.6 is 0 Å². The summed E-state index contributed by atoms with van der Waals surface area (Å²) in [5.41, 5.74) is 1.46. The van der Waals surface area contributed by atoms with E-state index in [1.54, 1.807) is 18.2 Å². The Morgan fingerprint density at radius 2 is 1.78 bits per heavy atom. The van der Waals surface area contributed by atoms with Crippen LogP contribution in [0.5, 0.6) is 11.5 Å². The average Bonchev–Trinajstić information content (AvgIpc) is 3.01. The summed E-state index contributed by atoms with van der Waals surface area (Å²) in [5, 5.41) is 0.937. The van der Waals surface area contributed by atoms with Crippen molar-refractivity contribution >= 4 is 26.6 Å². The van der Waals surface area contributed by atoms with Gasteiger partial charge in [0.1, 0.15) is 13.2 Å². The van der Waals surface area contributed by atoms with Crippen LogP contribution in [0.2, 0.25) is 0 Å². The number of H-pyrrole nitrogens is 1. The summed E-state index contributed by atoms with van der Waals surface area (Å²) in [6.07, 6.45) is 1.81. The first-order valence-corrected chi connectivity index (χ1v) is 8.60. The van der Waals surface area contributed by atoms with Crippen LogP contribution in [0.3, 0.4) is 0 Å². The molecule has 0 saturated heterocycles. The van der Waals surface area contributed by atoms with Crippen LogP contribution in [0.4, 0.5) is 5.69 Å². The van der Waals surface area contributed by atoms with E-state index in [2.05, 4.69) is 9.71 Å². The highest BCUT2D eigenvalue weighted by Crippen LogP contribution is 2.32. The van der Waals surface area contributed by atoms with Gasteiger partial charge in [0.2, 0.25) is 0 Å². The molecule has 2 heterocycles. The van der Waals surface area contributed by atoms with Gasteiger partial charge >= 0.3 is 0 Å². The summed E-state index contributed by atoms with van der Waals surface area (Å²) >= 11 is 0. The van der Waals surface area contributed by atoms with Crippen molar-refractivity contribution in [1.82, 2.24) is 4.98 Å². The molecule has 1 aliphatic rings. The fourth-order valence-electron chi connectivity index (χ4n) is 2.52. The smallest absolute Gasteiger partial charge is 0.262 e. The Labute approximate surface area is 133 Å². The van der Waals surface area contributed by atoms with E-state index in [0.717, 1.165) is 10.9 Å². The van der Waals surface area contributed by atoms with Gasteiger partial charge in [0.25, 0.3) is 10.0 Å². The van der Waals surface area contributed by atoms with E-state index in [0.29, 0.717) is 30.4 Å². The number of aromatic nitrogens is 1. The van der Waals surface area contributed by atoms with Gasteiger partial charge in [-0.15, -0.1) is 0 Å². The second-order valence-corrected chi connectivity index (χ2v) is 6.87. The van der Waals surface area contributed by atoms with Crippen molar-refractivity contribution in [2.24, 2.45) is 0 Å². The lowest BCUT2D eigenvalue weighted by Gasteiger charge is -2.19. The summed E-state index contributed by atoms with van der Waals surface area (Å²) in [6, 6.07) is 11.8. The predicted molar refractivity (Wildman–Crippen MR) is 86.5 cm³/mol. The van der Waals surface area contributed by atoms with E-state index in [1.165, 1.54) is 12.1 Å². The van der Waals surface area contributed by atoms with Crippen LogP contribution in [0.1, 0.15) is 0 Å². The second kappa shape index (κ2) is 5.20. The third-order valence-electron chi connectivity index (χ3n) is 3.63. The number of sulfonamides is 1. The molecule has 2 N–H and O–H groups in total. The normalized spacial score (nSPS) is 13.9. The second-order valence-electron chi connectivity index (χ2n) is 5.19. The molecule has 3 aromatic rings. The number of rotatable bonds is 3. The molecule has 6 nitrogen and oxygen atoms in total. The largest absolute Gasteiger partial charge is 0.486 e. The van der Waals surface area contributed by atoms with Crippen LogP contribution in [-0.2, 0) is 10.0 Å². The van der Waals surface area contributed by atoms with E-state index in [9.17, 15) is 8.42 Å². The molecule has 0 bridgehead atoms. The zero-order chi connectivity index (χ0) is 15.9. The molecular formula is C16H14N2O4S. The van der Waals surface area contributed by atoms with Crippen molar-refractivity contribution in [2.45, 2.75) is 4.90 Å². The maximum atomic E-state index is 12.5. The molecule has 0 unspecified atom stereocenters. The minimum absolute atomic E-state index is 0.135. The van der Waals surface area contributed by atoms with Crippen LogP contribution in [0.25, 0.3) is 10.9 Å². The fraction of sp³-hybridized carbons (Fsp3) is 0.125. The number of benzene rings is 2. The van der Waals surface area contributed by atoms with Gasteiger partial charge in [-0.3, -0.25) is 4.72 Å². The lowest BCUT2D eigenvalue weighted by molar-refractivity contribution is 0.171. The van der Waals surface area contributed by atoms with Gasteiger partial charge < -0.3 is 14.5 Å². The van der Waals surface area contributed by atoms with E-state index in [4.69, 9.17) is 9.47 Å². The molecule has 0 radical (unpaired) electrons. The van der Waals surface area contributed by atoms with E-state index >= 15 is 0 Å². The first-order valence-electron chi connectivity index (χ1n) is 7.11. The fourth-order valence-corrected chi connectivity index (χ4v) is 3.59. The molecule has 0 spiro atoms. The van der Waals surface area contributed by atoms with E-state index in [1.807, 2.05) is 18.3 Å². The van der Waals surface area contributed by atoms with Crippen LogP contribution < -0.4 is 14.2 Å². The van der Waals surface area contributed by atoms with E-state index in [-0.39, 0.29) is 4.90 Å². The molecule has 0 saturated carbocycles. The standard InChI is InChI=1S/C16H14N2O4S/c19-23(20,13-2-4-15-16(10-13)22-8-7-21-15)18-12-1-3-14-11(9-12)5-6-17-14/h1-6,9-10,17-18H,7-8H2. The van der Waals surface area contributed by atoms with Crippen molar-refractivity contribution < 1.29 is 17.9 Å². The first kappa shape index (κ1) is 14.0. The number of hydrogen-bond acceptors (Lipinski definition) is 4. The lowest BCUT2D eigenvalue weighted by atomic mass is 10.2. The minimum Gasteiger partial charge on any atom is -0.486 e. The highest BCUT2D eigenvalue weighted by atomic mass is 32.2. The van der Waals surface area contributed by atoms with Crippen molar-refractivity contribution in [1.29, 1.82) is 0 Å². The van der Waals surface area contributed by atoms with Gasteiger partial charge in [0.15, 0.2) is 11.5 Å². The molecule has 1 aliphatic heterocycles. The maximum Gasteiger partial charge on any atom is 0.262 e. The number of hydrogen-bond donors (Lipinski definition) is 2. The highest BCUT2D eigenvalue weighted by molar-refractivity contribution is 7.92. The molecule has 23 heavy (non-hydrogen) atoms. The van der Waals surface area contributed by atoms with Crippen molar-refractivity contribution in [3.05, 3.63) is 48.7 Å². The molecule has 1 aromatic heterocycles. The molecule has 118 valence electrons. The molecule has 0 aliphatic carbocycles. The Balaban J connectivity index is 1.66. The number of ether oxygens (including phenoxy) is 2. The van der Waals surface area contributed by atoms with E-state index < -0.39 is 10.0 Å². The number of fused-ring (bicyclic) bond motifs is 2. The van der Waals surface area contributed by atoms with Crippen molar-refractivity contribution in [3.8, 4) is 11.5 Å². The van der Waals surface area contributed by atoms with Crippen molar-refractivity contribution in [3.63, 3.8) is 0 Å². The van der Waals surface area contributed by atoms with Crippen molar-refractivity contribution in [2.75, 3.05) is 17.9 Å². The van der Waals surface area contributed by atoms with Crippen LogP contribution in [-0.4, -0.2) is 26.6 Å². The minimum atomic E-state index is -3.69. The Morgan fingerprint density at radius 3 is 2.65 bits per heavy atom. The number of nitrogens with one attached hydrogen (secondary N) is 2. The van der Waals surface area contributed by atoms with Crippen LogP contribution in [0.15, 0.2) is 53.6 Å². The zero-order valence-electron chi connectivity index (χ0n) is 12.1. The zero-order valence-corrected chi connectivity index (χ0v) is 12.9. The Bertz CT molecular complexity index is 979. The van der Waals surface area contributed by atoms with Gasteiger partial charge in [-0.1, -0.05) is 0 Å². The Hall–Kier alpha value is -2.67. The first-order chi connectivity index (χ1) is 11.1. The maximum absolute atomic E-state index is 12.5. The van der Waals surface area contributed by atoms with Gasteiger partial charge in [-0.05, 0) is 36.4 Å².